The maximum atomic E-state index is 12.3. The summed E-state index contributed by atoms with van der Waals surface area (Å²) in [5.74, 6) is -0.445. The second-order valence-corrected chi connectivity index (χ2v) is 6.54. The lowest BCUT2D eigenvalue weighted by Crippen LogP contribution is -2.26. The van der Waals surface area contributed by atoms with E-state index in [2.05, 4.69) is 20.3 Å². The van der Waals surface area contributed by atoms with Crippen molar-refractivity contribution in [2.45, 2.75) is 11.8 Å². The number of rotatable bonds is 5. The molecular weight excluding hydrogens is 366 g/mol. The molecule has 0 radical (unpaired) electrons. The molecule has 0 saturated heterocycles. The van der Waals surface area contributed by atoms with Crippen molar-refractivity contribution in [3.63, 3.8) is 0 Å². The minimum atomic E-state index is -0.489. The number of esters is 1. The van der Waals surface area contributed by atoms with Gasteiger partial charge in [-0.25, -0.2) is 4.98 Å². The molecule has 0 aliphatic carbocycles. The number of aromatic nitrogens is 5. The highest BCUT2D eigenvalue weighted by Crippen LogP contribution is 2.17. The van der Waals surface area contributed by atoms with Gasteiger partial charge in [-0.1, -0.05) is 41.2 Å². The van der Waals surface area contributed by atoms with Crippen LogP contribution < -0.4 is 5.56 Å². The van der Waals surface area contributed by atoms with E-state index in [1.807, 2.05) is 24.3 Å². The lowest BCUT2D eigenvalue weighted by atomic mass is 10.2. The first-order valence-electron chi connectivity index (χ1n) is 8.03. The fourth-order valence-electron chi connectivity index (χ4n) is 2.43. The fraction of sp³-hybridized carbons (Fsp3) is 0.111. The summed E-state index contributed by atoms with van der Waals surface area (Å²) in [6, 6.07) is 14.3. The number of carbonyl (C=O) groups excluding carboxylic acids is 1. The van der Waals surface area contributed by atoms with E-state index < -0.39 is 5.97 Å². The summed E-state index contributed by atoms with van der Waals surface area (Å²) in [6.45, 7) is -0.292. The van der Waals surface area contributed by atoms with Gasteiger partial charge in [-0.3, -0.25) is 14.6 Å². The Morgan fingerprint density at radius 1 is 1.04 bits per heavy atom. The summed E-state index contributed by atoms with van der Waals surface area (Å²) in [5.41, 5.74) is 1.68. The van der Waals surface area contributed by atoms with Crippen LogP contribution in [0.3, 0.4) is 0 Å². The molecule has 8 nitrogen and oxygen atoms in total. The molecule has 0 spiro atoms. The van der Waals surface area contributed by atoms with Crippen LogP contribution in [0.1, 0.15) is 0 Å². The molecule has 0 aliphatic heterocycles. The van der Waals surface area contributed by atoms with Gasteiger partial charge in [0.1, 0.15) is 10.5 Å². The van der Waals surface area contributed by atoms with Crippen LogP contribution in [0.4, 0.5) is 0 Å². The van der Waals surface area contributed by atoms with Gasteiger partial charge in [-0.05, 0) is 24.3 Å². The van der Waals surface area contributed by atoms with Crippen LogP contribution in [-0.2, 0) is 16.3 Å². The third-order valence-corrected chi connectivity index (χ3v) is 4.61. The predicted molar refractivity (Wildman–Crippen MR) is 100 cm³/mol. The zero-order valence-electron chi connectivity index (χ0n) is 14.0. The number of thioether (sulfide) groups is 1. The largest absolute Gasteiger partial charge is 0.441 e. The van der Waals surface area contributed by atoms with Gasteiger partial charge in [0.05, 0.1) is 28.4 Å². The van der Waals surface area contributed by atoms with Gasteiger partial charge < -0.3 is 4.74 Å². The topological polar surface area (TPSA) is 99.9 Å². The summed E-state index contributed by atoms with van der Waals surface area (Å²) in [7, 11) is 0. The number of hydrogen-bond acceptors (Lipinski definition) is 8. The maximum Gasteiger partial charge on any atom is 0.318 e. The van der Waals surface area contributed by atoms with Crippen molar-refractivity contribution in [1.29, 1.82) is 0 Å². The Labute approximate surface area is 157 Å². The number of carbonyl (C=O) groups is 1. The highest BCUT2D eigenvalue weighted by Gasteiger charge is 2.09. The number of fused-ring (bicyclic) bond motifs is 2. The standard InChI is InChI=1S/C18H13N5O3S/c24-17(10-27-16-9-19-14-7-3-4-8-15(14)20-16)26-11-23-18(25)12-5-1-2-6-13(12)21-22-23/h1-9H,10-11H2. The highest BCUT2D eigenvalue weighted by atomic mass is 32.2. The second-order valence-electron chi connectivity index (χ2n) is 5.54. The summed E-state index contributed by atoms with van der Waals surface area (Å²) in [4.78, 5) is 33.0. The Balaban J connectivity index is 1.38. The molecule has 0 unspecified atom stereocenters. The first-order chi connectivity index (χ1) is 13.2. The second kappa shape index (κ2) is 7.50. The van der Waals surface area contributed by atoms with E-state index in [0.29, 0.717) is 15.9 Å². The van der Waals surface area contributed by atoms with Crippen molar-refractivity contribution >= 4 is 39.7 Å². The van der Waals surface area contributed by atoms with Gasteiger partial charge in [-0.15, -0.1) is 5.10 Å². The van der Waals surface area contributed by atoms with Gasteiger partial charge in [0.25, 0.3) is 5.56 Å². The van der Waals surface area contributed by atoms with Crippen molar-refractivity contribution in [2.24, 2.45) is 0 Å². The molecule has 2 aromatic heterocycles. The zero-order valence-corrected chi connectivity index (χ0v) is 14.8. The highest BCUT2D eigenvalue weighted by molar-refractivity contribution is 7.99. The van der Waals surface area contributed by atoms with Crippen LogP contribution in [0.15, 0.2) is 64.5 Å². The molecule has 27 heavy (non-hydrogen) atoms. The Morgan fingerprint density at radius 3 is 2.63 bits per heavy atom. The van der Waals surface area contributed by atoms with E-state index in [9.17, 15) is 9.59 Å². The van der Waals surface area contributed by atoms with Crippen LogP contribution in [0, 0.1) is 0 Å². The van der Waals surface area contributed by atoms with E-state index in [0.717, 1.165) is 15.7 Å². The molecule has 9 heteroatoms. The Hall–Kier alpha value is -3.33. The van der Waals surface area contributed by atoms with E-state index >= 15 is 0 Å². The van der Waals surface area contributed by atoms with Crippen LogP contribution in [0.25, 0.3) is 21.9 Å². The molecule has 2 aromatic carbocycles. The molecule has 0 N–H and O–H groups in total. The van der Waals surface area contributed by atoms with Gasteiger partial charge in [0, 0.05) is 0 Å². The van der Waals surface area contributed by atoms with Crippen molar-refractivity contribution in [2.75, 3.05) is 5.75 Å². The van der Waals surface area contributed by atoms with Crippen molar-refractivity contribution in [3.05, 3.63) is 65.1 Å². The fourth-order valence-corrected chi connectivity index (χ4v) is 3.06. The number of ether oxygens (including phenoxy) is 1. The molecule has 0 saturated carbocycles. The Morgan fingerprint density at radius 2 is 1.78 bits per heavy atom. The minimum absolute atomic E-state index is 0.0444. The molecule has 134 valence electrons. The summed E-state index contributed by atoms with van der Waals surface area (Å²) < 4.78 is 6.13. The number of hydrogen-bond donors (Lipinski definition) is 0. The monoisotopic (exact) mass is 379 g/mol. The van der Waals surface area contributed by atoms with Crippen LogP contribution >= 0.6 is 11.8 Å². The number of para-hydroxylation sites is 2. The molecule has 4 aromatic rings. The molecule has 2 heterocycles. The predicted octanol–water partition coefficient (Wildman–Crippen LogP) is 2.03. The van der Waals surface area contributed by atoms with Gasteiger partial charge in [-0.2, -0.15) is 4.68 Å². The SMILES string of the molecule is O=C(CSc1cnc2ccccc2n1)OCn1nnc2ccccc2c1=O. The quantitative estimate of drug-likeness (QED) is 0.384. The molecule has 0 fully saturated rings. The van der Waals surface area contributed by atoms with Gasteiger partial charge >= 0.3 is 5.97 Å². The smallest absolute Gasteiger partial charge is 0.318 e. The van der Waals surface area contributed by atoms with Crippen molar-refractivity contribution in [3.8, 4) is 0 Å². The van der Waals surface area contributed by atoms with Crippen molar-refractivity contribution < 1.29 is 9.53 Å². The van der Waals surface area contributed by atoms with E-state index in [1.54, 1.807) is 30.5 Å². The Kier molecular flexibility index (Phi) is 4.75. The average Bonchev–Trinajstić information content (AvgIpc) is 2.72. The molecule has 4 rings (SSSR count). The minimum Gasteiger partial charge on any atom is -0.441 e. The van der Waals surface area contributed by atoms with E-state index in [4.69, 9.17) is 4.74 Å². The molecule has 0 bridgehead atoms. The molecule has 0 amide bonds. The van der Waals surface area contributed by atoms with Gasteiger partial charge in [0.2, 0.25) is 0 Å². The third kappa shape index (κ3) is 3.77. The normalized spacial score (nSPS) is 11.0. The van der Waals surface area contributed by atoms with Crippen LogP contribution in [0.2, 0.25) is 0 Å². The van der Waals surface area contributed by atoms with E-state index in [1.165, 1.54) is 11.8 Å². The summed E-state index contributed by atoms with van der Waals surface area (Å²) in [6.07, 6.45) is 1.61. The molecule has 0 atom stereocenters. The number of benzene rings is 2. The van der Waals surface area contributed by atoms with Gasteiger partial charge in [0.15, 0.2) is 6.73 Å². The first-order valence-corrected chi connectivity index (χ1v) is 9.02. The third-order valence-electron chi connectivity index (χ3n) is 3.74. The van der Waals surface area contributed by atoms with Crippen LogP contribution in [0.5, 0.6) is 0 Å². The summed E-state index contributed by atoms with van der Waals surface area (Å²) in [5, 5.41) is 8.76. The first kappa shape index (κ1) is 17.1. The maximum absolute atomic E-state index is 12.3. The van der Waals surface area contributed by atoms with Crippen molar-refractivity contribution in [1.82, 2.24) is 25.0 Å². The van der Waals surface area contributed by atoms with Crippen LogP contribution in [-0.4, -0.2) is 36.7 Å². The summed E-state index contributed by atoms with van der Waals surface area (Å²) >= 11 is 1.21. The van der Waals surface area contributed by atoms with E-state index in [-0.39, 0.29) is 18.0 Å². The lowest BCUT2D eigenvalue weighted by Gasteiger charge is -2.06. The average molecular weight is 379 g/mol. The zero-order chi connectivity index (χ0) is 18.6. The molecular formula is C18H13N5O3S. The Bertz CT molecular complexity index is 1190. The molecule has 0 aliphatic rings. The number of nitrogens with zero attached hydrogens (tertiary/aromatic N) is 5. The lowest BCUT2D eigenvalue weighted by molar-refractivity contribution is -0.144.